The van der Waals surface area contributed by atoms with Crippen LogP contribution in [0.2, 0.25) is 0 Å². The minimum absolute atomic E-state index is 0.195. The number of aryl methyl sites for hydroxylation is 2. The lowest BCUT2D eigenvalue weighted by Gasteiger charge is -2.18. The van der Waals surface area contributed by atoms with E-state index in [0.29, 0.717) is 49.3 Å². The number of benzene rings is 4. The molecule has 0 saturated carbocycles. The molecule has 5 rings (SSSR count). The summed E-state index contributed by atoms with van der Waals surface area (Å²) in [4.78, 5) is 18.8. The van der Waals surface area contributed by atoms with Crippen LogP contribution in [0.25, 0.3) is 22.3 Å². The summed E-state index contributed by atoms with van der Waals surface area (Å²) in [5.74, 6) is 2.50. The average Bonchev–Trinajstić information content (AvgIpc) is 3.01. The molecule has 9 heteroatoms. The number of methoxy groups -OCH3 is 2. The van der Waals surface area contributed by atoms with Gasteiger partial charge in [0, 0.05) is 15.6 Å². The highest BCUT2D eigenvalue weighted by atomic mass is 79.9. The molecule has 0 unspecified atom stereocenters. The molecule has 0 radical (unpaired) electrons. The molecule has 0 amide bonds. The minimum atomic E-state index is -0.275. The van der Waals surface area contributed by atoms with E-state index in [0.717, 1.165) is 33.6 Å². The third-order valence-electron chi connectivity index (χ3n) is 7.35. The summed E-state index contributed by atoms with van der Waals surface area (Å²) >= 11 is 7.36. The molecule has 0 saturated heterocycles. The average molecular weight is 719 g/mol. The molecular weight excluding hydrogens is 686 g/mol. The highest BCUT2D eigenvalue weighted by Crippen LogP contribution is 2.43. The Bertz CT molecular complexity index is 1950. The molecule has 4 aromatic carbocycles. The smallest absolute Gasteiger partial charge is 0.282 e. The van der Waals surface area contributed by atoms with Crippen molar-refractivity contribution < 1.29 is 14.2 Å². The number of nitrogens with zero attached hydrogens (tertiary/aromatic N) is 3. The van der Waals surface area contributed by atoms with Crippen LogP contribution in [0.4, 0.5) is 0 Å². The maximum absolute atomic E-state index is 13.9. The standard InChI is InChI=1S/C35H33Br2N3O4/c1-20(2)26-17-27(22(4)15-29(26)42-5)34-39-28-13-8-7-12-25(28)35(41)40(34)38-18-24-16-30(43-6)33(32(37)31(24)36)44-19-23-11-9-10-21(3)14-23/h7-18,20H,19H2,1-6H3. The fourth-order valence-corrected chi connectivity index (χ4v) is 5.97. The summed E-state index contributed by atoms with van der Waals surface area (Å²) in [5, 5.41) is 5.18. The van der Waals surface area contributed by atoms with E-state index in [1.165, 1.54) is 4.68 Å². The van der Waals surface area contributed by atoms with Gasteiger partial charge in [-0.15, -0.1) is 0 Å². The molecule has 44 heavy (non-hydrogen) atoms. The van der Waals surface area contributed by atoms with Gasteiger partial charge in [0.05, 0.1) is 35.8 Å². The van der Waals surface area contributed by atoms with Crippen molar-refractivity contribution in [3.05, 3.63) is 114 Å². The van der Waals surface area contributed by atoms with Crippen molar-refractivity contribution in [1.29, 1.82) is 0 Å². The predicted octanol–water partition coefficient (Wildman–Crippen LogP) is 8.81. The van der Waals surface area contributed by atoms with E-state index in [-0.39, 0.29) is 11.5 Å². The Morgan fingerprint density at radius 1 is 0.932 bits per heavy atom. The molecule has 1 aromatic heterocycles. The fourth-order valence-electron chi connectivity index (χ4n) is 5.03. The van der Waals surface area contributed by atoms with E-state index in [4.69, 9.17) is 24.3 Å². The van der Waals surface area contributed by atoms with Crippen molar-refractivity contribution in [2.75, 3.05) is 14.2 Å². The van der Waals surface area contributed by atoms with E-state index < -0.39 is 0 Å². The van der Waals surface area contributed by atoms with Crippen LogP contribution in [0.5, 0.6) is 17.2 Å². The molecule has 1 heterocycles. The third-order valence-corrected chi connectivity index (χ3v) is 9.49. The van der Waals surface area contributed by atoms with Gasteiger partial charge in [0.15, 0.2) is 17.3 Å². The molecule has 0 spiro atoms. The molecule has 0 fully saturated rings. The second kappa shape index (κ2) is 13.4. The van der Waals surface area contributed by atoms with Gasteiger partial charge in [-0.3, -0.25) is 4.79 Å². The van der Waals surface area contributed by atoms with Gasteiger partial charge in [-0.1, -0.05) is 55.8 Å². The van der Waals surface area contributed by atoms with Crippen LogP contribution in [0.15, 0.2) is 85.6 Å². The second-order valence-electron chi connectivity index (χ2n) is 10.8. The van der Waals surface area contributed by atoms with Crippen molar-refractivity contribution in [2.45, 2.75) is 40.2 Å². The van der Waals surface area contributed by atoms with E-state index in [1.54, 1.807) is 26.5 Å². The number of hydrogen-bond acceptors (Lipinski definition) is 6. The Morgan fingerprint density at radius 3 is 2.39 bits per heavy atom. The van der Waals surface area contributed by atoms with Crippen LogP contribution in [0.3, 0.4) is 0 Å². The summed E-state index contributed by atoms with van der Waals surface area (Å²) in [6.07, 6.45) is 1.62. The minimum Gasteiger partial charge on any atom is -0.496 e. The van der Waals surface area contributed by atoms with Crippen LogP contribution >= 0.6 is 31.9 Å². The first kappa shape index (κ1) is 31.5. The molecule has 226 valence electrons. The summed E-state index contributed by atoms with van der Waals surface area (Å²) in [6.45, 7) is 8.61. The Hall–Kier alpha value is -3.95. The van der Waals surface area contributed by atoms with Crippen molar-refractivity contribution in [3.8, 4) is 28.6 Å². The van der Waals surface area contributed by atoms with Gasteiger partial charge < -0.3 is 14.2 Å². The van der Waals surface area contributed by atoms with Gasteiger partial charge in [0.25, 0.3) is 5.56 Å². The first-order valence-corrected chi connectivity index (χ1v) is 15.7. The fraction of sp³-hybridized carbons (Fsp3) is 0.229. The van der Waals surface area contributed by atoms with Crippen molar-refractivity contribution >= 4 is 49.0 Å². The van der Waals surface area contributed by atoms with Crippen LogP contribution in [0.1, 0.15) is 47.6 Å². The molecule has 7 nitrogen and oxygen atoms in total. The number of rotatable bonds is 9. The lowest BCUT2D eigenvalue weighted by molar-refractivity contribution is 0.282. The number of aromatic nitrogens is 2. The maximum Gasteiger partial charge on any atom is 0.282 e. The largest absolute Gasteiger partial charge is 0.496 e. The summed E-state index contributed by atoms with van der Waals surface area (Å²) in [6, 6.07) is 21.3. The van der Waals surface area contributed by atoms with Crippen LogP contribution in [-0.2, 0) is 6.61 Å². The van der Waals surface area contributed by atoms with Gasteiger partial charge >= 0.3 is 0 Å². The number of ether oxygens (including phenoxy) is 3. The highest BCUT2D eigenvalue weighted by Gasteiger charge is 2.20. The molecule has 0 aliphatic heterocycles. The maximum atomic E-state index is 13.9. The van der Waals surface area contributed by atoms with Crippen molar-refractivity contribution in [1.82, 2.24) is 9.66 Å². The zero-order valence-corrected chi connectivity index (χ0v) is 28.6. The lowest BCUT2D eigenvalue weighted by atomic mass is 9.96. The van der Waals surface area contributed by atoms with E-state index in [2.05, 4.69) is 51.8 Å². The molecule has 0 bridgehead atoms. The molecule has 0 aliphatic rings. The van der Waals surface area contributed by atoms with E-state index in [1.807, 2.05) is 68.4 Å². The molecule has 0 N–H and O–H groups in total. The third kappa shape index (κ3) is 6.30. The van der Waals surface area contributed by atoms with Crippen molar-refractivity contribution in [2.24, 2.45) is 5.10 Å². The number of para-hydroxylation sites is 1. The zero-order valence-electron chi connectivity index (χ0n) is 25.4. The normalized spacial score (nSPS) is 11.5. The lowest BCUT2D eigenvalue weighted by Crippen LogP contribution is -2.21. The zero-order chi connectivity index (χ0) is 31.5. The Kier molecular flexibility index (Phi) is 9.56. The van der Waals surface area contributed by atoms with Gasteiger partial charge in [-0.05, 0) is 98.6 Å². The molecule has 0 aliphatic carbocycles. The number of hydrogen-bond donors (Lipinski definition) is 0. The van der Waals surface area contributed by atoms with Crippen LogP contribution < -0.4 is 19.8 Å². The first-order chi connectivity index (χ1) is 21.1. The SMILES string of the molecule is COc1cc(C)c(-c2nc3ccccc3c(=O)n2N=Cc2cc(OC)c(OCc3cccc(C)c3)c(Br)c2Br)cc1C(C)C. The Balaban J connectivity index is 1.62. The summed E-state index contributed by atoms with van der Waals surface area (Å²) < 4.78 is 20.3. The van der Waals surface area contributed by atoms with Gasteiger partial charge in [0.2, 0.25) is 0 Å². The molecular formula is C35H33Br2N3O4. The van der Waals surface area contributed by atoms with Crippen LogP contribution in [-0.4, -0.2) is 30.1 Å². The van der Waals surface area contributed by atoms with E-state index >= 15 is 0 Å². The summed E-state index contributed by atoms with van der Waals surface area (Å²) in [7, 11) is 3.25. The monoisotopic (exact) mass is 717 g/mol. The van der Waals surface area contributed by atoms with Gasteiger partial charge in [-0.25, -0.2) is 4.98 Å². The molecule has 0 atom stereocenters. The number of fused-ring (bicyclic) bond motifs is 1. The molecule has 5 aromatic rings. The first-order valence-electron chi connectivity index (χ1n) is 14.1. The van der Waals surface area contributed by atoms with Crippen LogP contribution in [0, 0.1) is 13.8 Å². The van der Waals surface area contributed by atoms with Gasteiger partial charge in [0.1, 0.15) is 12.4 Å². The number of halogens is 2. The quantitative estimate of drug-likeness (QED) is 0.143. The Morgan fingerprint density at radius 2 is 1.68 bits per heavy atom. The highest BCUT2D eigenvalue weighted by molar-refractivity contribution is 9.13. The predicted molar refractivity (Wildman–Crippen MR) is 184 cm³/mol. The second-order valence-corrected chi connectivity index (χ2v) is 12.4. The van der Waals surface area contributed by atoms with Gasteiger partial charge in [-0.2, -0.15) is 9.78 Å². The Labute approximate surface area is 273 Å². The van der Waals surface area contributed by atoms with Crippen molar-refractivity contribution in [3.63, 3.8) is 0 Å². The summed E-state index contributed by atoms with van der Waals surface area (Å²) in [5.41, 5.74) is 5.94. The van der Waals surface area contributed by atoms with E-state index in [9.17, 15) is 4.79 Å². The topological polar surface area (TPSA) is 74.9 Å².